The van der Waals surface area contributed by atoms with E-state index in [9.17, 15) is 8.42 Å². The number of benzene rings is 1. The summed E-state index contributed by atoms with van der Waals surface area (Å²) in [5.41, 5.74) is 0.768. The second kappa shape index (κ2) is 4.64. The van der Waals surface area contributed by atoms with Crippen LogP contribution < -0.4 is 4.72 Å². The molecule has 0 unspecified atom stereocenters. The van der Waals surface area contributed by atoms with Crippen molar-refractivity contribution >= 4 is 26.7 Å². The Morgan fingerprint density at radius 2 is 2.10 bits per heavy atom. The van der Waals surface area contributed by atoms with Gasteiger partial charge in [-0.1, -0.05) is 19.1 Å². The van der Waals surface area contributed by atoms with Gasteiger partial charge in [0.15, 0.2) is 10.8 Å². The zero-order chi connectivity index (χ0) is 14.2. The first-order valence-electron chi connectivity index (χ1n) is 6.10. The molecule has 0 aliphatic heterocycles. The summed E-state index contributed by atoms with van der Waals surface area (Å²) in [5.74, 6) is 0.894. The smallest absolute Gasteiger partial charge is 0.280 e. The van der Waals surface area contributed by atoms with Gasteiger partial charge in [0, 0.05) is 11.8 Å². The Labute approximate surface area is 115 Å². The summed E-state index contributed by atoms with van der Waals surface area (Å²) in [5, 5.41) is 7.50. The van der Waals surface area contributed by atoms with Crippen LogP contribution >= 0.6 is 0 Å². The van der Waals surface area contributed by atoms with E-state index in [2.05, 4.69) is 24.9 Å². The minimum atomic E-state index is -3.71. The Balaban J connectivity index is 1.97. The molecular formula is C12H13N5O2S. The number of aromatic amines is 2. The van der Waals surface area contributed by atoms with Crippen molar-refractivity contribution in [3.63, 3.8) is 0 Å². The zero-order valence-electron chi connectivity index (χ0n) is 10.7. The van der Waals surface area contributed by atoms with Gasteiger partial charge >= 0.3 is 0 Å². The molecular weight excluding hydrogens is 278 g/mol. The molecule has 104 valence electrons. The summed E-state index contributed by atoms with van der Waals surface area (Å²) >= 11 is 0. The van der Waals surface area contributed by atoms with Crippen LogP contribution in [-0.2, 0) is 16.4 Å². The minimum Gasteiger partial charge on any atom is -0.332 e. The van der Waals surface area contributed by atoms with E-state index in [1.165, 1.54) is 6.20 Å². The second-order valence-corrected chi connectivity index (χ2v) is 5.92. The maximum Gasteiger partial charge on any atom is 0.280 e. The van der Waals surface area contributed by atoms with Gasteiger partial charge in [-0.3, -0.25) is 9.82 Å². The number of hydrogen-bond donors (Lipinski definition) is 3. The molecule has 0 spiro atoms. The number of anilines is 1. The third-order valence-electron chi connectivity index (χ3n) is 2.93. The molecule has 2 aromatic heterocycles. The molecule has 3 N–H and O–H groups in total. The van der Waals surface area contributed by atoms with Gasteiger partial charge < -0.3 is 4.98 Å². The van der Waals surface area contributed by atoms with Gasteiger partial charge in [-0.25, -0.2) is 4.98 Å². The van der Waals surface area contributed by atoms with Gasteiger partial charge in [0.2, 0.25) is 0 Å². The predicted octanol–water partition coefficient (Wildman–Crippen LogP) is 1.65. The van der Waals surface area contributed by atoms with Gasteiger partial charge in [-0.15, -0.1) is 0 Å². The fraction of sp³-hybridized carbons (Fsp3) is 0.167. The molecule has 20 heavy (non-hydrogen) atoms. The monoisotopic (exact) mass is 291 g/mol. The number of nitrogens with zero attached hydrogens (tertiary/aromatic N) is 2. The van der Waals surface area contributed by atoms with Crippen molar-refractivity contribution < 1.29 is 8.42 Å². The molecule has 3 rings (SSSR count). The normalized spacial score (nSPS) is 11.8. The van der Waals surface area contributed by atoms with E-state index in [4.69, 9.17) is 0 Å². The summed E-state index contributed by atoms with van der Waals surface area (Å²) < 4.78 is 26.9. The number of fused-ring (bicyclic) bond motifs is 1. The summed E-state index contributed by atoms with van der Waals surface area (Å²) in [4.78, 5) is 6.75. The van der Waals surface area contributed by atoms with Gasteiger partial charge in [-0.2, -0.15) is 13.5 Å². The largest absolute Gasteiger partial charge is 0.332 e. The SMILES string of the molecule is CCc1ncc(S(=O)(=O)Nc2n[nH]c3ccccc23)[nH]1. The molecule has 1 aromatic carbocycles. The average molecular weight is 291 g/mol. The lowest BCUT2D eigenvalue weighted by molar-refractivity contribution is 0.598. The number of H-pyrrole nitrogens is 2. The maximum absolute atomic E-state index is 12.2. The van der Waals surface area contributed by atoms with Crippen LogP contribution in [0.5, 0.6) is 0 Å². The molecule has 0 aliphatic rings. The van der Waals surface area contributed by atoms with Gasteiger partial charge in [0.25, 0.3) is 10.0 Å². The van der Waals surface area contributed by atoms with Crippen molar-refractivity contribution in [3.05, 3.63) is 36.3 Å². The maximum atomic E-state index is 12.2. The minimum absolute atomic E-state index is 0.0291. The fourth-order valence-corrected chi connectivity index (χ4v) is 2.85. The summed E-state index contributed by atoms with van der Waals surface area (Å²) in [6.45, 7) is 1.89. The van der Waals surface area contributed by atoms with E-state index >= 15 is 0 Å². The van der Waals surface area contributed by atoms with Crippen molar-refractivity contribution in [1.82, 2.24) is 20.2 Å². The van der Waals surface area contributed by atoms with E-state index in [0.29, 0.717) is 17.6 Å². The van der Waals surface area contributed by atoms with Gasteiger partial charge in [-0.05, 0) is 12.1 Å². The van der Waals surface area contributed by atoms with Crippen LogP contribution in [0.1, 0.15) is 12.7 Å². The Morgan fingerprint density at radius 3 is 2.85 bits per heavy atom. The summed E-state index contributed by atoms with van der Waals surface area (Å²) in [7, 11) is -3.71. The predicted molar refractivity (Wildman–Crippen MR) is 74.9 cm³/mol. The molecule has 0 radical (unpaired) electrons. The number of rotatable bonds is 4. The van der Waals surface area contributed by atoms with E-state index in [1.54, 1.807) is 6.07 Å². The van der Waals surface area contributed by atoms with Crippen LogP contribution in [-0.4, -0.2) is 28.6 Å². The van der Waals surface area contributed by atoms with Crippen molar-refractivity contribution in [1.29, 1.82) is 0 Å². The lowest BCUT2D eigenvalue weighted by atomic mass is 10.2. The Morgan fingerprint density at radius 1 is 1.30 bits per heavy atom. The van der Waals surface area contributed by atoms with E-state index in [0.717, 1.165) is 5.52 Å². The topological polar surface area (TPSA) is 104 Å². The average Bonchev–Trinajstić information content (AvgIpc) is 3.06. The number of para-hydroxylation sites is 1. The summed E-state index contributed by atoms with van der Waals surface area (Å²) in [6, 6.07) is 7.29. The van der Waals surface area contributed by atoms with Gasteiger partial charge in [0.05, 0.1) is 11.7 Å². The highest BCUT2D eigenvalue weighted by Gasteiger charge is 2.19. The molecule has 0 atom stereocenters. The highest BCUT2D eigenvalue weighted by molar-refractivity contribution is 7.92. The van der Waals surface area contributed by atoms with Crippen molar-refractivity contribution in [2.24, 2.45) is 0 Å². The van der Waals surface area contributed by atoms with Crippen molar-refractivity contribution in [2.75, 3.05) is 4.72 Å². The number of aryl methyl sites for hydroxylation is 1. The lowest BCUT2D eigenvalue weighted by Gasteiger charge is -2.03. The first-order valence-corrected chi connectivity index (χ1v) is 7.58. The highest BCUT2D eigenvalue weighted by atomic mass is 32.2. The molecule has 0 amide bonds. The molecule has 0 aliphatic carbocycles. The molecule has 2 heterocycles. The second-order valence-electron chi connectivity index (χ2n) is 4.27. The molecule has 0 saturated heterocycles. The number of hydrogen-bond acceptors (Lipinski definition) is 4. The lowest BCUT2D eigenvalue weighted by Crippen LogP contribution is -2.14. The first-order chi connectivity index (χ1) is 9.60. The van der Waals surface area contributed by atoms with E-state index < -0.39 is 10.0 Å². The third kappa shape index (κ3) is 2.14. The van der Waals surface area contributed by atoms with Crippen LogP contribution in [0.2, 0.25) is 0 Å². The Kier molecular flexibility index (Phi) is 2.94. The van der Waals surface area contributed by atoms with Crippen LogP contribution in [0.25, 0.3) is 10.9 Å². The Bertz CT molecular complexity index is 849. The number of imidazole rings is 1. The number of nitrogens with one attached hydrogen (secondary N) is 3. The standard InChI is InChI=1S/C12H13N5O2S/c1-2-10-13-7-11(14-10)20(18,19)17-12-8-5-3-4-6-9(8)15-16-12/h3-7H,2H2,1H3,(H,13,14)(H2,15,16,17). The zero-order valence-corrected chi connectivity index (χ0v) is 11.5. The molecule has 7 nitrogen and oxygen atoms in total. The Hall–Kier alpha value is -2.35. The molecule has 0 bridgehead atoms. The van der Waals surface area contributed by atoms with Crippen LogP contribution in [0, 0.1) is 0 Å². The van der Waals surface area contributed by atoms with E-state index in [1.807, 2.05) is 25.1 Å². The van der Waals surface area contributed by atoms with Crippen LogP contribution in [0.15, 0.2) is 35.5 Å². The quantitative estimate of drug-likeness (QED) is 0.680. The van der Waals surface area contributed by atoms with Crippen LogP contribution in [0.3, 0.4) is 0 Å². The molecule has 3 aromatic rings. The van der Waals surface area contributed by atoms with Crippen molar-refractivity contribution in [2.45, 2.75) is 18.4 Å². The number of aromatic nitrogens is 4. The molecule has 0 saturated carbocycles. The van der Waals surface area contributed by atoms with Gasteiger partial charge in [0.1, 0.15) is 5.82 Å². The van der Waals surface area contributed by atoms with Crippen LogP contribution in [0.4, 0.5) is 5.82 Å². The third-order valence-corrected chi connectivity index (χ3v) is 4.18. The van der Waals surface area contributed by atoms with Crippen molar-refractivity contribution in [3.8, 4) is 0 Å². The molecule has 8 heteroatoms. The first kappa shape index (κ1) is 12.7. The fourth-order valence-electron chi connectivity index (χ4n) is 1.88. The highest BCUT2D eigenvalue weighted by Crippen LogP contribution is 2.22. The number of sulfonamides is 1. The molecule has 0 fully saturated rings. The summed E-state index contributed by atoms with van der Waals surface area (Å²) in [6.07, 6.45) is 1.94. The van der Waals surface area contributed by atoms with E-state index in [-0.39, 0.29) is 10.8 Å².